The summed E-state index contributed by atoms with van der Waals surface area (Å²) < 4.78 is 2.23. The largest absolute Gasteiger partial charge is 0.321 e. The van der Waals surface area contributed by atoms with Gasteiger partial charge in [0.1, 0.15) is 11.6 Å². The van der Waals surface area contributed by atoms with Gasteiger partial charge >= 0.3 is 0 Å². The van der Waals surface area contributed by atoms with Gasteiger partial charge in [-0.15, -0.1) is 10.2 Å². The number of nitrogens with zero attached hydrogens (tertiary/aromatic N) is 3. The maximum Gasteiger partial charge on any atom is 0.149 e. The number of unbranched alkanes of at least 4 members (excludes halogenated alkanes) is 1. The van der Waals surface area contributed by atoms with E-state index < -0.39 is 0 Å². The molecule has 1 aromatic rings. The zero-order valence-electron chi connectivity index (χ0n) is 9.45. The molecule has 0 spiro atoms. The second kappa shape index (κ2) is 4.75. The van der Waals surface area contributed by atoms with Gasteiger partial charge in [0, 0.05) is 13.0 Å². The first-order chi connectivity index (χ1) is 7.33. The second-order valence-corrected chi connectivity index (χ2v) is 4.33. The van der Waals surface area contributed by atoms with E-state index in [1.165, 1.54) is 25.7 Å². The van der Waals surface area contributed by atoms with Gasteiger partial charge in [0.15, 0.2) is 0 Å². The van der Waals surface area contributed by atoms with Crippen LogP contribution in [0.15, 0.2) is 0 Å². The van der Waals surface area contributed by atoms with E-state index in [4.69, 9.17) is 5.73 Å². The molecule has 0 amide bonds. The van der Waals surface area contributed by atoms with Gasteiger partial charge in [0.25, 0.3) is 0 Å². The molecule has 0 aromatic carbocycles. The molecule has 84 valence electrons. The van der Waals surface area contributed by atoms with Crippen LogP contribution in [0.2, 0.25) is 0 Å². The SMILES string of the molecule is CCCCC(N)c1nnc2n1CCCC2. The standard InChI is InChI=1S/C11H20N4/c1-2-3-6-9(12)11-14-13-10-7-4-5-8-15(10)11/h9H,2-8,12H2,1H3. The summed E-state index contributed by atoms with van der Waals surface area (Å²) in [6.45, 7) is 3.24. The van der Waals surface area contributed by atoms with E-state index in [-0.39, 0.29) is 6.04 Å². The molecule has 1 aromatic heterocycles. The van der Waals surface area contributed by atoms with Crippen molar-refractivity contribution >= 4 is 0 Å². The number of hydrogen-bond acceptors (Lipinski definition) is 3. The van der Waals surface area contributed by atoms with E-state index in [0.29, 0.717) is 0 Å². The Balaban J connectivity index is 2.10. The number of aryl methyl sites for hydroxylation is 1. The molecule has 0 radical (unpaired) electrons. The second-order valence-electron chi connectivity index (χ2n) is 4.33. The molecular weight excluding hydrogens is 188 g/mol. The Kier molecular flexibility index (Phi) is 3.36. The number of rotatable bonds is 4. The fourth-order valence-electron chi connectivity index (χ4n) is 2.16. The molecule has 2 heterocycles. The first-order valence-corrected chi connectivity index (χ1v) is 6.00. The molecule has 4 nitrogen and oxygen atoms in total. The third-order valence-electron chi connectivity index (χ3n) is 3.09. The predicted octanol–water partition coefficient (Wildman–Crippen LogP) is 1.80. The normalized spacial score (nSPS) is 17.5. The topological polar surface area (TPSA) is 56.7 Å². The van der Waals surface area contributed by atoms with Crippen molar-refractivity contribution in [2.24, 2.45) is 5.73 Å². The average Bonchev–Trinajstić information content (AvgIpc) is 2.69. The average molecular weight is 208 g/mol. The molecule has 2 N–H and O–H groups in total. The van der Waals surface area contributed by atoms with Crippen LogP contribution in [0.5, 0.6) is 0 Å². The van der Waals surface area contributed by atoms with Gasteiger partial charge in [-0.2, -0.15) is 0 Å². The molecule has 2 rings (SSSR count). The predicted molar refractivity (Wildman–Crippen MR) is 59.4 cm³/mol. The molecule has 0 saturated heterocycles. The minimum absolute atomic E-state index is 0.0734. The van der Waals surface area contributed by atoms with Crippen LogP contribution in [0.3, 0.4) is 0 Å². The van der Waals surface area contributed by atoms with Crippen LogP contribution in [0, 0.1) is 0 Å². The van der Waals surface area contributed by atoms with Crippen molar-refractivity contribution in [3.63, 3.8) is 0 Å². The lowest BCUT2D eigenvalue weighted by Crippen LogP contribution is -2.20. The molecule has 1 atom stereocenters. The maximum atomic E-state index is 6.13. The molecule has 4 heteroatoms. The molecule has 15 heavy (non-hydrogen) atoms. The quantitative estimate of drug-likeness (QED) is 0.821. The van der Waals surface area contributed by atoms with Gasteiger partial charge in [0.2, 0.25) is 0 Å². The summed E-state index contributed by atoms with van der Waals surface area (Å²) in [7, 11) is 0. The fraction of sp³-hybridized carbons (Fsp3) is 0.818. The highest BCUT2D eigenvalue weighted by atomic mass is 15.3. The highest BCUT2D eigenvalue weighted by Crippen LogP contribution is 2.20. The molecule has 0 bridgehead atoms. The first kappa shape index (κ1) is 10.6. The van der Waals surface area contributed by atoms with Crippen molar-refractivity contribution in [3.8, 4) is 0 Å². The highest BCUT2D eigenvalue weighted by Gasteiger charge is 2.19. The minimum atomic E-state index is 0.0734. The Labute approximate surface area is 90.9 Å². The molecule has 1 aliphatic rings. The molecular formula is C11H20N4. The van der Waals surface area contributed by atoms with E-state index >= 15 is 0 Å². The molecule has 0 aliphatic carbocycles. The van der Waals surface area contributed by atoms with Gasteiger partial charge < -0.3 is 10.3 Å². The zero-order chi connectivity index (χ0) is 10.7. The van der Waals surface area contributed by atoms with Crippen LogP contribution in [0.4, 0.5) is 0 Å². The Morgan fingerprint density at radius 3 is 3.07 bits per heavy atom. The molecule has 0 saturated carbocycles. The molecule has 1 aliphatic heterocycles. The summed E-state index contributed by atoms with van der Waals surface area (Å²) in [5, 5.41) is 8.46. The van der Waals surface area contributed by atoms with Crippen molar-refractivity contribution in [3.05, 3.63) is 11.6 Å². The van der Waals surface area contributed by atoms with Crippen molar-refractivity contribution in [1.29, 1.82) is 0 Å². The van der Waals surface area contributed by atoms with Crippen molar-refractivity contribution in [2.75, 3.05) is 0 Å². The van der Waals surface area contributed by atoms with Gasteiger partial charge in [-0.1, -0.05) is 19.8 Å². The smallest absolute Gasteiger partial charge is 0.149 e. The Morgan fingerprint density at radius 2 is 2.27 bits per heavy atom. The summed E-state index contributed by atoms with van der Waals surface area (Å²) in [4.78, 5) is 0. The first-order valence-electron chi connectivity index (χ1n) is 6.00. The van der Waals surface area contributed by atoms with Gasteiger partial charge in [0.05, 0.1) is 6.04 Å². The fourth-order valence-corrected chi connectivity index (χ4v) is 2.16. The number of aromatic nitrogens is 3. The Morgan fingerprint density at radius 1 is 1.40 bits per heavy atom. The summed E-state index contributed by atoms with van der Waals surface area (Å²) in [5.74, 6) is 2.13. The van der Waals surface area contributed by atoms with Crippen LogP contribution in [-0.2, 0) is 13.0 Å². The number of hydrogen-bond donors (Lipinski definition) is 1. The van der Waals surface area contributed by atoms with Crippen LogP contribution < -0.4 is 5.73 Å². The van der Waals surface area contributed by atoms with Crippen molar-refractivity contribution in [1.82, 2.24) is 14.8 Å². The molecule has 1 unspecified atom stereocenters. The van der Waals surface area contributed by atoms with Gasteiger partial charge in [-0.25, -0.2) is 0 Å². The maximum absolute atomic E-state index is 6.13. The van der Waals surface area contributed by atoms with Crippen LogP contribution in [-0.4, -0.2) is 14.8 Å². The lowest BCUT2D eigenvalue weighted by molar-refractivity contribution is 0.476. The third kappa shape index (κ3) is 2.20. The highest BCUT2D eigenvalue weighted by molar-refractivity contribution is 5.02. The lowest BCUT2D eigenvalue weighted by Gasteiger charge is -2.17. The summed E-state index contributed by atoms with van der Waals surface area (Å²) in [6.07, 6.45) is 6.92. The van der Waals surface area contributed by atoms with E-state index in [1.807, 2.05) is 0 Å². The van der Waals surface area contributed by atoms with E-state index in [1.54, 1.807) is 0 Å². The minimum Gasteiger partial charge on any atom is -0.321 e. The zero-order valence-corrected chi connectivity index (χ0v) is 9.45. The third-order valence-corrected chi connectivity index (χ3v) is 3.09. The van der Waals surface area contributed by atoms with Crippen LogP contribution in [0.1, 0.15) is 56.7 Å². The monoisotopic (exact) mass is 208 g/mol. The number of fused-ring (bicyclic) bond motifs is 1. The van der Waals surface area contributed by atoms with E-state index in [0.717, 1.165) is 31.0 Å². The van der Waals surface area contributed by atoms with Gasteiger partial charge in [-0.05, 0) is 19.3 Å². The summed E-state index contributed by atoms with van der Waals surface area (Å²) >= 11 is 0. The lowest BCUT2D eigenvalue weighted by atomic mass is 10.1. The van der Waals surface area contributed by atoms with Gasteiger partial charge in [-0.3, -0.25) is 0 Å². The van der Waals surface area contributed by atoms with Crippen LogP contribution in [0.25, 0.3) is 0 Å². The van der Waals surface area contributed by atoms with E-state index in [9.17, 15) is 0 Å². The Bertz CT molecular complexity index is 318. The Hall–Kier alpha value is -0.900. The van der Waals surface area contributed by atoms with Crippen molar-refractivity contribution < 1.29 is 0 Å². The summed E-state index contributed by atoms with van der Waals surface area (Å²) in [5.41, 5.74) is 6.13. The van der Waals surface area contributed by atoms with E-state index in [2.05, 4.69) is 21.7 Å². The number of nitrogens with two attached hydrogens (primary N) is 1. The van der Waals surface area contributed by atoms with Crippen LogP contribution >= 0.6 is 0 Å². The molecule has 0 fully saturated rings. The van der Waals surface area contributed by atoms with Crippen molar-refractivity contribution in [2.45, 2.75) is 58.0 Å². The summed E-state index contributed by atoms with van der Waals surface area (Å²) in [6, 6.07) is 0.0734.